The Morgan fingerprint density at radius 2 is 1.65 bits per heavy atom. The van der Waals surface area contributed by atoms with Gasteiger partial charge in [-0.05, 0) is 35.2 Å². The minimum Gasteiger partial charge on any atom is -0.465 e. The van der Waals surface area contributed by atoms with Crippen LogP contribution in [0.25, 0.3) is 11.0 Å². The molecular weight excluding hydrogens is 386 g/mol. The number of carboxylic acid groups (broad SMARTS) is 1. The monoisotopic (exact) mass is 413 g/mol. The fourth-order valence-corrected chi connectivity index (χ4v) is 3.98. The maximum atomic E-state index is 11.6. The molecule has 4 aromatic rings. The molecule has 0 bridgehead atoms. The normalized spacial score (nSPS) is 12.1. The van der Waals surface area contributed by atoms with E-state index in [0.29, 0.717) is 19.5 Å². The molecule has 31 heavy (non-hydrogen) atoms. The van der Waals surface area contributed by atoms with Gasteiger partial charge in [-0.1, -0.05) is 73.7 Å². The van der Waals surface area contributed by atoms with Crippen molar-refractivity contribution in [1.82, 2.24) is 14.5 Å². The van der Waals surface area contributed by atoms with Gasteiger partial charge in [0.1, 0.15) is 5.82 Å². The molecule has 1 amide bonds. The lowest BCUT2D eigenvalue weighted by Crippen LogP contribution is -2.30. The smallest absolute Gasteiger partial charge is 0.407 e. The van der Waals surface area contributed by atoms with E-state index in [1.54, 1.807) is 0 Å². The highest BCUT2D eigenvalue weighted by Crippen LogP contribution is 2.26. The molecule has 4 rings (SSSR count). The molecule has 1 aromatic heterocycles. The summed E-state index contributed by atoms with van der Waals surface area (Å²) in [6.45, 7) is 3.03. The molecule has 0 aliphatic carbocycles. The number of para-hydroxylation sites is 2. The van der Waals surface area contributed by atoms with Crippen molar-refractivity contribution in [2.75, 3.05) is 6.54 Å². The number of aryl methyl sites for hydroxylation is 1. The number of imidazole rings is 1. The largest absolute Gasteiger partial charge is 0.465 e. The lowest BCUT2D eigenvalue weighted by atomic mass is 9.98. The zero-order valence-corrected chi connectivity index (χ0v) is 17.9. The molecule has 0 aliphatic rings. The molecule has 0 saturated heterocycles. The van der Waals surface area contributed by atoms with E-state index in [2.05, 4.69) is 48.9 Å². The summed E-state index contributed by atoms with van der Waals surface area (Å²) in [7, 11) is 2.06. The van der Waals surface area contributed by atoms with Crippen molar-refractivity contribution >= 4 is 17.1 Å². The molecule has 5 heteroatoms. The van der Waals surface area contributed by atoms with Crippen LogP contribution in [0.5, 0.6) is 0 Å². The second kappa shape index (κ2) is 9.04. The lowest BCUT2D eigenvalue weighted by Gasteiger charge is -2.19. The van der Waals surface area contributed by atoms with E-state index in [1.165, 1.54) is 10.5 Å². The number of aromatic nitrogens is 2. The number of hydrogen-bond donors (Lipinski definition) is 1. The van der Waals surface area contributed by atoms with Gasteiger partial charge in [0.05, 0.1) is 11.0 Å². The molecule has 3 aromatic carbocycles. The maximum Gasteiger partial charge on any atom is 0.407 e. The van der Waals surface area contributed by atoms with Gasteiger partial charge in [0.2, 0.25) is 0 Å². The van der Waals surface area contributed by atoms with Crippen LogP contribution >= 0.6 is 0 Å². The predicted octanol–water partition coefficient (Wildman–Crippen LogP) is 5.45. The summed E-state index contributed by atoms with van der Waals surface area (Å²) >= 11 is 0. The van der Waals surface area contributed by atoms with Crippen molar-refractivity contribution < 1.29 is 9.90 Å². The first-order valence-corrected chi connectivity index (χ1v) is 10.5. The summed E-state index contributed by atoms with van der Waals surface area (Å²) < 4.78 is 2.15. The summed E-state index contributed by atoms with van der Waals surface area (Å²) in [4.78, 5) is 17.9. The molecule has 0 aliphatic heterocycles. The maximum absolute atomic E-state index is 11.6. The van der Waals surface area contributed by atoms with Crippen LogP contribution in [0.3, 0.4) is 0 Å². The van der Waals surface area contributed by atoms with E-state index in [-0.39, 0.29) is 5.92 Å². The summed E-state index contributed by atoms with van der Waals surface area (Å²) in [5.41, 5.74) is 5.46. The topological polar surface area (TPSA) is 58.4 Å². The molecule has 1 atom stereocenters. The van der Waals surface area contributed by atoms with Crippen LogP contribution in [0, 0.1) is 0 Å². The van der Waals surface area contributed by atoms with E-state index in [4.69, 9.17) is 4.98 Å². The number of rotatable bonds is 7. The molecule has 1 N–H and O–H groups in total. The number of nitrogens with zero attached hydrogens (tertiary/aromatic N) is 3. The second-order valence-corrected chi connectivity index (χ2v) is 7.92. The molecule has 5 nitrogen and oxygen atoms in total. The average molecular weight is 414 g/mol. The molecule has 0 fully saturated rings. The van der Waals surface area contributed by atoms with Gasteiger partial charge in [-0.2, -0.15) is 0 Å². The Labute approximate surface area is 182 Å². The third-order valence-corrected chi connectivity index (χ3v) is 5.85. The fourth-order valence-electron chi connectivity index (χ4n) is 3.98. The van der Waals surface area contributed by atoms with Crippen LogP contribution in [0.2, 0.25) is 0 Å². The Morgan fingerprint density at radius 3 is 2.32 bits per heavy atom. The van der Waals surface area contributed by atoms with E-state index in [0.717, 1.165) is 28.0 Å². The third kappa shape index (κ3) is 4.61. The molecule has 158 valence electrons. The number of carbonyl (C=O) groups is 1. The van der Waals surface area contributed by atoms with Gasteiger partial charge in [-0.25, -0.2) is 9.78 Å². The summed E-state index contributed by atoms with van der Waals surface area (Å²) in [5, 5.41) is 9.56. The highest BCUT2D eigenvalue weighted by atomic mass is 16.4. The lowest BCUT2D eigenvalue weighted by molar-refractivity contribution is 0.143. The molecule has 0 spiro atoms. The molecule has 1 heterocycles. The second-order valence-electron chi connectivity index (χ2n) is 7.92. The molecule has 0 radical (unpaired) electrons. The Hall–Kier alpha value is -3.60. The van der Waals surface area contributed by atoms with Gasteiger partial charge in [0, 0.05) is 26.1 Å². The van der Waals surface area contributed by atoms with Crippen LogP contribution in [0.1, 0.15) is 35.4 Å². The minimum absolute atomic E-state index is 0.167. The van der Waals surface area contributed by atoms with Crippen LogP contribution in [0.15, 0.2) is 78.9 Å². The minimum atomic E-state index is -0.893. The van der Waals surface area contributed by atoms with Crippen LogP contribution in [-0.4, -0.2) is 32.2 Å². The summed E-state index contributed by atoms with van der Waals surface area (Å²) in [5.74, 6) is 1.20. The van der Waals surface area contributed by atoms with Gasteiger partial charge in [0.15, 0.2) is 0 Å². The fraction of sp³-hybridized carbons (Fsp3) is 0.231. The van der Waals surface area contributed by atoms with Crippen molar-refractivity contribution in [3.05, 3.63) is 101 Å². The number of hydrogen-bond acceptors (Lipinski definition) is 2. The zero-order chi connectivity index (χ0) is 21.8. The molecule has 1 unspecified atom stereocenters. The van der Waals surface area contributed by atoms with Crippen LogP contribution in [0.4, 0.5) is 4.79 Å². The van der Waals surface area contributed by atoms with Gasteiger partial charge in [-0.3, -0.25) is 0 Å². The average Bonchev–Trinajstić information content (AvgIpc) is 3.13. The van der Waals surface area contributed by atoms with Gasteiger partial charge in [-0.15, -0.1) is 0 Å². The molecule has 0 saturated carbocycles. The van der Waals surface area contributed by atoms with Crippen LogP contribution < -0.4 is 0 Å². The molecular formula is C26H27N3O2. The van der Waals surface area contributed by atoms with Gasteiger partial charge >= 0.3 is 6.09 Å². The van der Waals surface area contributed by atoms with E-state index < -0.39 is 6.09 Å². The number of benzene rings is 3. The van der Waals surface area contributed by atoms with Crippen molar-refractivity contribution in [2.45, 2.75) is 25.8 Å². The Bertz CT molecular complexity index is 1170. The standard InChI is InChI=1S/C26H27N3O2/c1-19(25-27-23-10-6-7-11-24(23)28(25)2)22-14-12-20(13-15-22)16-17-29(26(30)31)18-21-8-4-3-5-9-21/h3-15,19H,16-18H2,1-2H3,(H,30,31). The van der Waals surface area contributed by atoms with Gasteiger partial charge in [0.25, 0.3) is 0 Å². The summed E-state index contributed by atoms with van der Waals surface area (Å²) in [6.07, 6.45) is -0.212. The third-order valence-electron chi connectivity index (χ3n) is 5.85. The first kappa shape index (κ1) is 20.7. The van der Waals surface area contributed by atoms with Crippen molar-refractivity contribution in [3.63, 3.8) is 0 Å². The Morgan fingerprint density at radius 1 is 0.968 bits per heavy atom. The highest BCUT2D eigenvalue weighted by molar-refractivity contribution is 5.76. The number of fused-ring (bicyclic) bond motifs is 1. The first-order valence-electron chi connectivity index (χ1n) is 10.5. The van der Waals surface area contributed by atoms with Gasteiger partial charge < -0.3 is 14.6 Å². The quantitative estimate of drug-likeness (QED) is 0.438. The highest BCUT2D eigenvalue weighted by Gasteiger charge is 2.17. The number of amides is 1. The van der Waals surface area contributed by atoms with E-state index in [9.17, 15) is 9.90 Å². The summed E-state index contributed by atoms with van der Waals surface area (Å²) in [6, 6.07) is 26.3. The van der Waals surface area contributed by atoms with E-state index in [1.807, 2.05) is 48.5 Å². The Kier molecular flexibility index (Phi) is 6.03. The van der Waals surface area contributed by atoms with Crippen LogP contribution in [-0.2, 0) is 20.0 Å². The first-order chi connectivity index (χ1) is 15.0. The SMILES string of the molecule is CC(c1ccc(CCN(Cc2ccccc2)C(=O)O)cc1)c1nc2ccccc2n1C. The van der Waals surface area contributed by atoms with Crippen molar-refractivity contribution in [3.8, 4) is 0 Å². The Balaban J connectivity index is 1.43. The van der Waals surface area contributed by atoms with E-state index >= 15 is 0 Å². The van der Waals surface area contributed by atoms with Crippen molar-refractivity contribution in [1.29, 1.82) is 0 Å². The zero-order valence-electron chi connectivity index (χ0n) is 17.9. The van der Waals surface area contributed by atoms with Crippen molar-refractivity contribution in [2.24, 2.45) is 7.05 Å². The predicted molar refractivity (Wildman–Crippen MR) is 123 cm³/mol.